The van der Waals surface area contributed by atoms with Crippen molar-refractivity contribution in [1.82, 2.24) is 15.5 Å². The van der Waals surface area contributed by atoms with Gasteiger partial charge in [-0.25, -0.2) is 0 Å². The second-order valence-corrected chi connectivity index (χ2v) is 7.44. The van der Waals surface area contributed by atoms with E-state index >= 15 is 0 Å². The molecule has 2 aromatic heterocycles. The predicted octanol–water partition coefficient (Wildman–Crippen LogP) is 2.93. The molecule has 1 amide bonds. The van der Waals surface area contributed by atoms with Gasteiger partial charge in [0.1, 0.15) is 6.04 Å². The molecule has 8 heteroatoms. The van der Waals surface area contributed by atoms with Crippen LogP contribution in [0.3, 0.4) is 0 Å². The number of amides is 1. The highest BCUT2D eigenvalue weighted by molar-refractivity contribution is 7.99. The van der Waals surface area contributed by atoms with Crippen molar-refractivity contribution in [2.24, 2.45) is 0 Å². The van der Waals surface area contributed by atoms with Crippen LogP contribution < -0.4 is 10.2 Å². The molecule has 0 radical (unpaired) electrons. The highest BCUT2D eigenvalue weighted by Gasteiger charge is 2.25. The summed E-state index contributed by atoms with van der Waals surface area (Å²) in [5.41, 5.74) is 1.07. The lowest BCUT2D eigenvalue weighted by Crippen LogP contribution is -2.32. The maximum absolute atomic E-state index is 12.5. The minimum atomic E-state index is -0.439. The number of benzene rings is 1. The first kappa shape index (κ1) is 17.7. The van der Waals surface area contributed by atoms with Crippen molar-refractivity contribution in [2.75, 3.05) is 29.5 Å². The van der Waals surface area contributed by atoms with Crippen molar-refractivity contribution in [1.29, 1.82) is 0 Å². The van der Waals surface area contributed by atoms with Gasteiger partial charge in [-0.15, -0.1) is 5.10 Å². The summed E-state index contributed by atoms with van der Waals surface area (Å²) < 4.78 is 11.1. The van der Waals surface area contributed by atoms with Gasteiger partial charge in [-0.3, -0.25) is 4.79 Å². The Kier molecular flexibility index (Phi) is 5.43. The topological polar surface area (TPSA) is 84.4 Å². The number of nitrogens with one attached hydrogen (secondary N) is 1. The van der Waals surface area contributed by atoms with Gasteiger partial charge < -0.3 is 19.1 Å². The summed E-state index contributed by atoms with van der Waals surface area (Å²) in [6.07, 6.45) is 2.02. The standard InChI is InChI=1S/C19H20N4O3S/c24-17(16-7-4-10-25-16)20-15(13-14-5-2-1-3-6-14)18-21-22-19(26-18)23-8-11-27-12-9-23/h1-7,10,15H,8-9,11-13H2,(H,20,24)/t15-/m0/s1. The van der Waals surface area contributed by atoms with Crippen molar-refractivity contribution in [3.63, 3.8) is 0 Å². The van der Waals surface area contributed by atoms with Crippen LogP contribution in [0.4, 0.5) is 6.01 Å². The Hall–Kier alpha value is -2.74. The average Bonchev–Trinajstić information content (AvgIpc) is 3.41. The first-order chi connectivity index (χ1) is 13.3. The Morgan fingerprint density at radius 2 is 1.96 bits per heavy atom. The maximum atomic E-state index is 12.5. The molecule has 27 heavy (non-hydrogen) atoms. The van der Waals surface area contributed by atoms with E-state index in [-0.39, 0.29) is 11.7 Å². The van der Waals surface area contributed by atoms with Crippen LogP contribution in [-0.4, -0.2) is 40.7 Å². The van der Waals surface area contributed by atoms with E-state index in [0.29, 0.717) is 18.3 Å². The fourth-order valence-electron chi connectivity index (χ4n) is 2.94. The van der Waals surface area contributed by atoms with Crippen LogP contribution in [0.25, 0.3) is 0 Å². The van der Waals surface area contributed by atoms with Gasteiger partial charge >= 0.3 is 6.01 Å². The SMILES string of the molecule is O=C(N[C@@H](Cc1ccccc1)c1nnc(N2CCSCC2)o1)c1ccco1. The molecule has 0 bridgehead atoms. The van der Waals surface area contributed by atoms with Crippen molar-refractivity contribution < 1.29 is 13.6 Å². The van der Waals surface area contributed by atoms with Gasteiger partial charge in [0, 0.05) is 31.0 Å². The summed E-state index contributed by atoms with van der Waals surface area (Å²) >= 11 is 1.92. The molecule has 140 valence electrons. The summed E-state index contributed by atoms with van der Waals surface area (Å²) in [5.74, 6) is 2.42. The zero-order chi connectivity index (χ0) is 18.5. The van der Waals surface area contributed by atoms with E-state index in [4.69, 9.17) is 8.83 Å². The van der Waals surface area contributed by atoms with Gasteiger partial charge in [0.15, 0.2) is 5.76 Å². The maximum Gasteiger partial charge on any atom is 0.318 e. The number of furan rings is 1. The Bertz CT molecular complexity index is 860. The number of aromatic nitrogens is 2. The summed E-state index contributed by atoms with van der Waals surface area (Å²) in [6, 6.07) is 13.3. The molecule has 1 aliphatic rings. The normalized spacial score (nSPS) is 15.5. The third-order valence-electron chi connectivity index (χ3n) is 4.34. The number of nitrogens with zero attached hydrogens (tertiary/aromatic N) is 3. The zero-order valence-electron chi connectivity index (χ0n) is 14.7. The van der Waals surface area contributed by atoms with E-state index in [9.17, 15) is 4.79 Å². The monoisotopic (exact) mass is 384 g/mol. The number of anilines is 1. The predicted molar refractivity (Wildman–Crippen MR) is 103 cm³/mol. The fraction of sp³-hybridized carbons (Fsp3) is 0.316. The quantitative estimate of drug-likeness (QED) is 0.699. The Morgan fingerprint density at radius 1 is 1.15 bits per heavy atom. The molecule has 1 saturated heterocycles. The number of carbonyl (C=O) groups excluding carboxylic acids is 1. The van der Waals surface area contributed by atoms with Crippen LogP contribution in [-0.2, 0) is 6.42 Å². The molecular formula is C19H20N4O3S. The number of rotatable bonds is 6. The second-order valence-electron chi connectivity index (χ2n) is 6.22. The van der Waals surface area contributed by atoms with E-state index in [0.717, 1.165) is 30.2 Å². The Balaban J connectivity index is 1.55. The number of hydrogen-bond acceptors (Lipinski definition) is 7. The lowest BCUT2D eigenvalue weighted by atomic mass is 10.1. The van der Waals surface area contributed by atoms with Gasteiger partial charge in [-0.05, 0) is 17.7 Å². The average molecular weight is 384 g/mol. The lowest BCUT2D eigenvalue weighted by Gasteiger charge is -2.24. The number of hydrogen-bond donors (Lipinski definition) is 1. The first-order valence-corrected chi connectivity index (χ1v) is 9.99. The van der Waals surface area contributed by atoms with E-state index in [1.54, 1.807) is 12.1 Å². The smallest absolute Gasteiger partial charge is 0.318 e. The molecule has 3 aromatic rings. The minimum Gasteiger partial charge on any atom is -0.459 e. The van der Waals surface area contributed by atoms with Gasteiger partial charge in [-0.2, -0.15) is 11.8 Å². The van der Waals surface area contributed by atoms with Gasteiger partial charge in [0.05, 0.1) is 6.26 Å². The molecule has 4 rings (SSSR count). The molecule has 0 aliphatic carbocycles. The third kappa shape index (κ3) is 4.33. The third-order valence-corrected chi connectivity index (χ3v) is 5.29. The van der Waals surface area contributed by atoms with Crippen LogP contribution in [0.2, 0.25) is 0 Å². The molecule has 1 N–H and O–H groups in total. The molecule has 3 heterocycles. The van der Waals surface area contributed by atoms with Crippen LogP contribution in [0.15, 0.2) is 57.6 Å². The largest absolute Gasteiger partial charge is 0.459 e. The minimum absolute atomic E-state index is 0.251. The summed E-state index contributed by atoms with van der Waals surface area (Å²) in [4.78, 5) is 14.6. The van der Waals surface area contributed by atoms with Crippen LogP contribution >= 0.6 is 11.8 Å². The molecule has 7 nitrogen and oxygen atoms in total. The van der Waals surface area contributed by atoms with Crippen LogP contribution in [0.5, 0.6) is 0 Å². The summed E-state index contributed by atoms with van der Waals surface area (Å²) in [6.45, 7) is 1.77. The van der Waals surface area contributed by atoms with Crippen LogP contribution in [0.1, 0.15) is 28.1 Å². The Labute approximate surface area is 161 Å². The molecule has 0 unspecified atom stereocenters. The van der Waals surface area contributed by atoms with Gasteiger partial charge in [-0.1, -0.05) is 35.4 Å². The fourth-order valence-corrected chi connectivity index (χ4v) is 3.84. The zero-order valence-corrected chi connectivity index (χ0v) is 15.5. The van der Waals surface area contributed by atoms with E-state index in [1.165, 1.54) is 6.26 Å². The van der Waals surface area contributed by atoms with Crippen molar-refractivity contribution in [2.45, 2.75) is 12.5 Å². The molecule has 1 fully saturated rings. The van der Waals surface area contributed by atoms with Crippen molar-refractivity contribution in [3.8, 4) is 0 Å². The summed E-state index contributed by atoms with van der Waals surface area (Å²) in [5, 5.41) is 11.4. The second kappa shape index (κ2) is 8.30. The first-order valence-electron chi connectivity index (χ1n) is 8.84. The number of carbonyl (C=O) groups is 1. The molecular weight excluding hydrogens is 364 g/mol. The summed E-state index contributed by atoms with van der Waals surface area (Å²) in [7, 11) is 0. The molecule has 0 saturated carbocycles. The highest BCUT2D eigenvalue weighted by atomic mass is 32.2. The molecule has 1 aromatic carbocycles. The van der Waals surface area contributed by atoms with Gasteiger partial charge in [0.2, 0.25) is 5.89 Å². The number of thioether (sulfide) groups is 1. The highest BCUT2D eigenvalue weighted by Crippen LogP contribution is 2.23. The van der Waals surface area contributed by atoms with Crippen molar-refractivity contribution >= 4 is 23.7 Å². The lowest BCUT2D eigenvalue weighted by molar-refractivity contribution is 0.0902. The molecule has 0 spiro atoms. The molecule has 1 atom stereocenters. The van der Waals surface area contributed by atoms with E-state index in [1.807, 2.05) is 42.1 Å². The Morgan fingerprint density at radius 3 is 2.70 bits per heavy atom. The van der Waals surface area contributed by atoms with E-state index in [2.05, 4.69) is 20.4 Å². The van der Waals surface area contributed by atoms with Crippen LogP contribution in [0, 0.1) is 0 Å². The van der Waals surface area contributed by atoms with Crippen molar-refractivity contribution in [3.05, 3.63) is 65.9 Å². The molecule has 1 aliphatic heterocycles. The van der Waals surface area contributed by atoms with E-state index < -0.39 is 6.04 Å². The van der Waals surface area contributed by atoms with Gasteiger partial charge in [0.25, 0.3) is 5.91 Å².